The zero-order valence-corrected chi connectivity index (χ0v) is 16.6. The van der Waals surface area contributed by atoms with E-state index >= 15 is 0 Å². The van der Waals surface area contributed by atoms with Crippen LogP contribution in [-0.4, -0.2) is 36.5 Å². The number of carboxylic acids is 1. The Morgan fingerprint density at radius 3 is 2.43 bits per heavy atom. The molecule has 0 aliphatic carbocycles. The number of aliphatic carboxylic acids is 1. The van der Waals surface area contributed by atoms with Gasteiger partial charge in [-0.3, -0.25) is 4.98 Å². The van der Waals surface area contributed by atoms with Crippen LogP contribution in [-0.2, 0) is 4.79 Å². The van der Waals surface area contributed by atoms with Crippen LogP contribution in [0.2, 0.25) is 0 Å². The lowest BCUT2D eigenvalue weighted by molar-refractivity contribution is -0.138. The number of nitrogens with zero attached hydrogens (tertiary/aromatic N) is 2. The van der Waals surface area contributed by atoms with E-state index in [9.17, 15) is 9.90 Å². The Hall–Kier alpha value is -4.07. The van der Waals surface area contributed by atoms with Crippen molar-refractivity contribution in [2.24, 2.45) is 10.9 Å². The van der Waals surface area contributed by atoms with Gasteiger partial charge in [0.15, 0.2) is 17.5 Å². The molecule has 0 saturated heterocycles. The van der Waals surface area contributed by atoms with Crippen LogP contribution in [0.1, 0.15) is 17.2 Å². The number of carbonyl (C=O) groups is 1. The molecule has 0 amide bonds. The highest BCUT2D eigenvalue weighted by Crippen LogP contribution is 2.39. The van der Waals surface area contributed by atoms with Gasteiger partial charge in [0, 0.05) is 23.6 Å². The van der Waals surface area contributed by atoms with Crippen LogP contribution in [0.15, 0.2) is 66.0 Å². The largest absolute Gasteiger partial charge is 0.493 e. The van der Waals surface area contributed by atoms with Crippen LogP contribution in [0.3, 0.4) is 0 Å². The third-order valence-electron chi connectivity index (χ3n) is 4.53. The van der Waals surface area contributed by atoms with E-state index in [0.717, 1.165) is 11.1 Å². The maximum absolute atomic E-state index is 12.2. The number of hydrogen-bond donors (Lipinski definition) is 3. The molecular weight excluding hydrogens is 384 g/mol. The van der Waals surface area contributed by atoms with Crippen LogP contribution in [0, 0.1) is 0 Å². The summed E-state index contributed by atoms with van der Waals surface area (Å²) in [6.45, 7) is 0. The number of carboxylic acid groups (broad SMARTS) is 1. The molecule has 1 atom stereocenters. The van der Waals surface area contributed by atoms with Gasteiger partial charge in [-0.2, -0.15) is 5.10 Å². The number of hydrazone groups is 1. The number of nitrogens with two attached hydrogens (primary N) is 1. The Morgan fingerprint density at radius 1 is 1.17 bits per heavy atom. The summed E-state index contributed by atoms with van der Waals surface area (Å²) in [5.74, 6) is 5.05. The zero-order valence-electron chi connectivity index (χ0n) is 16.6. The standard InChI is InChI=1S/C22H22N4O4/c1-29-19-10-17(15-4-3-9-24-13-15)18(11-20(19)30-2)21(22(27)28)26-16-7-5-14(6-8-16)12-25-23/h3-13,21,26H,23H2,1-2H3,(H,27,28). The van der Waals surface area contributed by atoms with Gasteiger partial charge in [0.2, 0.25) is 0 Å². The van der Waals surface area contributed by atoms with Crippen LogP contribution in [0.25, 0.3) is 11.1 Å². The summed E-state index contributed by atoms with van der Waals surface area (Å²) in [5.41, 5.74) is 3.38. The van der Waals surface area contributed by atoms with Crippen molar-refractivity contribution in [1.29, 1.82) is 0 Å². The van der Waals surface area contributed by atoms with E-state index in [4.69, 9.17) is 15.3 Å². The van der Waals surface area contributed by atoms with Crippen molar-refractivity contribution in [3.8, 4) is 22.6 Å². The minimum absolute atomic E-state index is 0.433. The predicted octanol–water partition coefficient (Wildman–Crippen LogP) is 3.30. The van der Waals surface area contributed by atoms with E-state index in [1.807, 2.05) is 6.07 Å². The van der Waals surface area contributed by atoms with Gasteiger partial charge in [0.1, 0.15) is 0 Å². The Labute approximate surface area is 174 Å². The van der Waals surface area contributed by atoms with Gasteiger partial charge in [0.25, 0.3) is 0 Å². The minimum atomic E-state index is -1.05. The number of aromatic nitrogens is 1. The topological polar surface area (TPSA) is 119 Å². The van der Waals surface area contributed by atoms with Crippen LogP contribution in [0.4, 0.5) is 5.69 Å². The molecule has 2 aromatic carbocycles. The Morgan fingerprint density at radius 2 is 1.87 bits per heavy atom. The van der Waals surface area contributed by atoms with E-state index in [-0.39, 0.29) is 0 Å². The number of methoxy groups -OCH3 is 2. The molecule has 0 bridgehead atoms. The molecule has 3 aromatic rings. The van der Waals surface area contributed by atoms with Crippen LogP contribution in [0.5, 0.6) is 11.5 Å². The molecule has 1 aromatic heterocycles. The van der Waals surface area contributed by atoms with E-state index in [1.165, 1.54) is 20.4 Å². The number of nitrogens with one attached hydrogen (secondary N) is 1. The van der Waals surface area contributed by atoms with E-state index in [0.29, 0.717) is 28.3 Å². The molecule has 0 aliphatic rings. The second-order valence-electron chi connectivity index (χ2n) is 6.35. The second kappa shape index (κ2) is 9.42. The molecule has 0 radical (unpaired) electrons. The van der Waals surface area contributed by atoms with Crippen molar-refractivity contribution >= 4 is 17.9 Å². The normalized spacial score (nSPS) is 11.8. The monoisotopic (exact) mass is 406 g/mol. The number of hydrogen-bond acceptors (Lipinski definition) is 7. The van der Waals surface area contributed by atoms with E-state index < -0.39 is 12.0 Å². The van der Waals surface area contributed by atoms with Crippen molar-refractivity contribution in [3.63, 3.8) is 0 Å². The summed E-state index contributed by atoms with van der Waals surface area (Å²) >= 11 is 0. The van der Waals surface area contributed by atoms with Gasteiger partial charge in [-0.05, 0) is 47.0 Å². The number of rotatable bonds is 8. The molecule has 1 heterocycles. The number of pyridine rings is 1. The van der Waals surface area contributed by atoms with E-state index in [2.05, 4.69) is 15.4 Å². The van der Waals surface area contributed by atoms with E-state index in [1.54, 1.807) is 54.9 Å². The summed E-state index contributed by atoms with van der Waals surface area (Å²) in [6, 6.07) is 13.1. The molecule has 0 spiro atoms. The molecule has 0 aliphatic heterocycles. The van der Waals surface area contributed by atoms with Gasteiger partial charge in [-0.1, -0.05) is 18.2 Å². The van der Waals surface area contributed by atoms with Crippen molar-refractivity contribution in [2.45, 2.75) is 6.04 Å². The van der Waals surface area contributed by atoms with Crippen LogP contribution >= 0.6 is 0 Å². The average Bonchev–Trinajstić information content (AvgIpc) is 2.78. The average molecular weight is 406 g/mol. The third kappa shape index (κ3) is 4.49. The number of ether oxygens (including phenoxy) is 2. The summed E-state index contributed by atoms with van der Waals surface area (Å²) in [7, 11) is 3.04. The number of benzene rings is 2. The number of anilines is 1. The minimum Gasteiger partial charge on any atom is -0.493 e. The smallest absolute Gasteiger partial charge is 0.330 e. The SMILES string of the molecule is COc1cc(-c2cccnc2)c(C(Nc2ccc(C=NN)cc2)C(=O)O)cc1OC. The predicted molar refractivity (Wildman–Crippen MR) is 115 cm³/mol. The maximum atomic E-state index is 12.2. The molecule has 3 rings (SSSR count). The molecule has 8 heteroatoms. The van der Waals surface area contributed by atoms with Crippen molar-refractivity contribution in [3.05, 3.63) is 72.1 Å². The van der Waals surface area contributed by atoms with Gasteiger partial charge in [-0.15, -0.1) is 0 Å². The van der Waals surface area contributed by atoms with Crippen LogP contribution < -0.4 is 20.6 Å². The maximum Gasteiger partial charge on any atom is 0.330 e. The summed E-state index contributed by atoms with van der Waals surface area (Å²) in [6.07, 6.45) is 4.83. The lowest BCUT2D eigenvalue weighted by Gasteiger charge is -2.22. The lowest BCUT2D eigenvalue weighted by Crippen LogP contribution is -2.21. The highest BCUT2D eigenvalue weighted by atomic mass is 16.5. The first-order chi connectivity index (χ1) is 14.6. The molecule has 4 N–H and O–H groups in total. The highest BCUT2D eigenvalue weighted by molar-refractivity contribution is 5.85. The summed E-state index contributed by atoms with van der Waals surface area (Å²) < 4.78 is 10.8. The van der Waals surface area contributed by atoms with Crippen molar-refractivity contribution in [1.82, 2.24) is 4.98 Å². The fourth-order valence-electron chi connectivity index (χ4n) is 3.10. The first-order valence-electron chi connectivity index (χ1n) is 9.06. The Balaban J connectivity index is 2.09. The molecule has 1 unspecified atom stereocenters. The summed E-state index contributed by atoms with van der Waals surface area (Å²) in [5, 5.41) is 16.6. The van der Waals surface area contributed by atoms with Crippen molar-refractivity contribution in [2.75, 3.05) is 19.5 Å². The first-order valence-corrected chi connectivity index (χ1v) is 9.06. The third-order valence-corrected chi connectivity index (χ3v) is 4.53. The summed E-state index contributed by atoms with van der Waals surface area (Å²) in [4.78, 5) is 16.4. The molecule has 30 heavy (non-hydrogen) atoms. The zero-order chi connectivity index (χ0) is 21.5. The molecular formula is C22H22N4O4. The fourth-order valence-corrected chi connectivity index (χ4v) is 3.10. The molecule has 0 saturated carbocycles. The fraction of sp³-hybridized carbons (Fsp3) is 0.136. The first kappa shape index (κ1) is 20.7. The van der Waals surface area contributed by atoms with Gasteiger partial charge in [0.05, 0.1) is 20.4 Å². The van der Waals surface area contributed by atoms with Gasteiger partial charge in [-0.25, -0.2) is 4.79 Å². The Kier molecular flexibility index (Phi) is 6.49. The molecule has 0 fully saturated rings. The molecule has 8 nitrogen and oxygen atoms in total. The van der Waals surface area contributed by atoms with Gasteiger partial charge >= 0.3 is 5.97 Å². The lowest BCUT2D eigenvalue weighted by atomic mass is 9.94. The second-order valence-corrected chi connectivity index (χ2v) is 6.35. The van der Waals surface area contributed by atoms with Crippen molar-refractivity contribution < 1.29 is 19.4 Å². The highest BCUT2D eigenvalue weighted by Gasteiger charge is 2.26. The Bertz CT molecular complexity index is 1040. The molecule has 154 valence electrons. The van der Waals surface area contributed by atoms with Gasteiger partial charge < -0.3 is 25.7 Å². The quantitative estimate of drug-likeness (QED) is 0.298.